The summed E-state index contributed by atoms with van der Waals surface area (Å²) in [5.41, 5.74) is 1.28. The predicted octanol–water partition coefficient (Wildman–Crippen LogP) is 2.55. The lowest BCUT2D eigenvalue weighted by molar-refractivity contribution is 0.0892. The van der Waals surface area contributed by atoms with Crippen LogP contribution < -0.4 is 0 Å². The van der Waals surface area contributed by atoms with E-state index in [1.54, 1.807) is 0 Å². The molecule has 1 aliphatic carbocycles. The Morgan fingerprint density at radius 1 is 1.85 bits per heavy atom. The molecule has 0 aromatic heterocycles. The molecule has 1 nitrogen and oxygen atoms in total. The third-order valence-electron chi connectivity index (χ3n) is 2.26. The first kappa shape index (κ1) is 10.1. The molecule has 0 radical (unpaired) electrons. The monoisotopic (exact) mass is 176 g/mol. The Morgan fingerprint density at radius 2 is 2.62 bits per heavy atom. The van der Waals surface area contributed by atoms with Gasteiger partial charge in [0.05, 0.1) is 6.10 Å². The fourth-order valence-electron chi connectivity index (χ4n) is 1.68. The molecule has 0 aromatic carbocycles. The summed E-state index contributed by atoms with van der Waals surface area (Å²) in [7, 11) is 0. The fourth-order valence-corrected chi connectivity index (χ4v) is 1.68. The number of rotatable bonds is 3. The van der Waals surface area contributed by atoms with Crippen molar-refractivity contribution in [2.75, 3.05) is 6.61 Å². The summed E-state index contributed by atoms with van der Waals surface area (Å²) >= 11 is 0. The van der Waals surface area contributed by atoms with Gasteiger partial charge in [-0.3, -0.25) is 0 Å². The number of allylic oxidation sites excluding steroid dienone is 2. The van der Waals surface area contributed by atoms with Crippen molar-refractivity contribution in [2.45, 2.75) is 25.9 Å². The van der Waals surface area contributed by atoms with Crippen LogP contribution in [-0.2, 0) is 4.74 Å². The second-order valence-corrected chi connectivity index (χ2v) is 3.54. The van der Waals surface area contributed by atoms with Crippen molar-refractivity contribution in [3.63, 3.8) is 0 Å². The molecule has 0 aliphatic heterocycles. The second kappa shape index (κ2) is 4.89. The van der Waals surface area contributed by atoms with Crippen molar-refractivity contribution < 1.29 is 4.74 Å². The predicted molar refractivity (Wildman–Crippen MR) is 55.3 cm³/mol. The lowest BCUT2D eigenvalue weighted by Gasteiger charge is -2.24. The Bertz CT molecular complexity index is 244. The van der Waals surface area contributed by atoms with Crippen LogP contribution >= 0.6 is 0 Å². The first-order valence-electron chi connectivity index (χ1n) is 4.64. The van der Waals surface area contributed by atoms with Crippen LogP contribution in [0, 0.1) is 18.3 Å². The summed E-state index contributed by atoms with van der Waals surface area (Å²) in [6.07, 6.45) is 11.5. The number of hydrogen-bond acceptors (Lipinski definition) is 1. The molecular weight excluding hydrogens is 160 g/mol. The summed E-state index contributed by atoms with van der Waals surface area (Å²) in [4.78, 5) is 0. The minimum Gasteiger partial charge on any atom is -0.361 e. The van der Waals surface area contributed by atoms with Crippen molar-refractivity contribution >= 4 is 0 Å². The van der Waals surface area contributed by atoms with Gasteiger partial charge in [-0.05, 0) is 24.3 Å². The van der Waals surface area contributed by atoms with E-state index in [2.05, 4.69) is 25.5 Å². The highest BCUT2D eigenvalue weighted by molar-refractivity contribution is 5.21. The first-order valence-corrected chi connectivity index (χ1v) is 4.64. The van der Waals surface area contributed by atoms with E-state index in [1.807, 2.05) is 6.08 Å². The Morgan fingerprint density at radius 3 is 3.23 bits per heavy atom. The highest BCUT2D eigenvalue weighted by Crippen LogP contribution is 2.25. The van der Waals surface area contributed by atoms with Crippen LogP contribution in [0.3, 0.4) is 0 Å². The van der Waals surface area contributed by atoms with Gasteiger partial charge < -0.3 is 4.74 Å². The topological polar surface area (TPSA) is 9.23 Å². The second-order valence-electron chi connectivity index (χ2n) is 3.54. The Labute approximate surface area is 80.5 Å². The zero-order valence-corrected chi connectivity index (χ0v) is 8.12. The van der Waals surface area contributed by atoms with Crippen LogP contribution in [0.2, 0.25) is 0 Å². The third-order valence-corrected chi connectivity index (χ3v) is 2.26. The third kappa shape index (κ3) is 3.08. The Balaban J connectivity index is 2.55. The molecule has 70 valence electrons. The fraction of sp³-hybridized carbons (Fsp3) is 0.500. The molecule has 0 heterocycles. The van der Waals surface area contributed by atoms with Crippen LogP contribution in [-0.4, -0.2) is 12.7 Å². The normalized spacial score (nSPS) is 27.5. The quantitative estimate of drug-likeness (QED) is 0.600. The minimum atomic E-state index is 0.188. The standard InChI is InChI=1S/C12H16O/c1-4-6-13-12-8-10(3)7-11(5-2)9-12/h1,5,9-10,12H,2,6-8H2,3H3/t10-,12-/m0/s1. The molecule has 0 aromatic rings. The zero-order chi connectivity index (χ0) is 9.68. The van der Waals surface area contributed by atoms with E-state index in [0.29, 0.717) is 12.5 Å². The van der Waals surface area contributed by atoms with Crippen molar-refractivity contribution in [3.8, 4) is 12.3 Å². The van der Waals surface area contributed by atoms with Gasteiger partial charge in [0.1, 0.15) is 6.61 Å². The number of terminal acetylenes is 1. The van der Waals surface area contributed by atoms with Crippen LogP contribution in [0.1, 0.15) is 19.8 Å². The highest BCUT2D eigenvalue weighted by atomic mass is 16.5. The van der Waals surface area contributed by atoms with Crippen molar-refractivity contribution in [3.05, 3.63) is 24.3 Å². The molecule has 0 saturated carbocycles. The van der Waals surface area contributed by atoms with E-state index in [9.17, 15) is 0 Å². The molecule has 0 unspecified atom stereocenters. The summed E-state index contributed by atoms with van der Waals surface area (Å²) < 4.78 is 5.47. The van der Waals surface area contributed by atoms with Gasteiger partial charge in [0.2, 0.25) is 0 Å². The molecule has 1 heteroatoms. The van der Waals surface area contributed by atoms with Gasteiger partial charge in [0, 0.05) is 0 Å². The minimum absolute atomic E-state index is 0.188. The van der Waals surface area contributed by atoms with Gasteiger partial charge in [-0.15, -0.1) is 6.42 Å². The van der Waals surface area contributed by atoms with E-state index in [0.717, 1.165) is 12.8 Å². The molecule has 0 fully saturated rings. The molecule has 1 rings (SSSR count). The maximum atomic E-state index is 5.47. The number of ether oxygens (including phenoxy) is 1. The molecule has 0 spiro atoms. The van der Waals surface area contributed by atoms with E-state index in [1.165, 1.54) is 5.57 Å². The van der Waals surface area contributed by atoms with Gasteiger partial charge >= 0.3 is 0 Å². The Hall–Kier alpha value is -1.00. The molecular formula is C12H16O. The molecule has 0 bridgehead atoms. The lowest BCUT2D eigenvalue weighted by atomic mass is 9.88. The van der Waals surface area contributed by atoms with Gasteiger partial charge in [0.25, 0.3) is 0 Å². The maximum absolute atomic E-state index is 5.47. The van der Waals surface area contributed by atoms with Gasteiger partial charge in [0.15, 0.2) is 0 Å². The molecule has 0 amide bonds. The number of hydrogen-bond donors (Lipinski definition) is 0. The SMILES string of the molecule is C#CCO[C@@H]1C=C(C=C)C[C@H](C)C1. The molecule has 0 saturated heterocycles. The van der Waals surface area contributed by atoms with E-state index in [4.69, 9.17) is 11.2 Å². The van der Waals surface area contributed by atoms with Gasteiger partial charge in [-0.2, -0.15) is 0 Å². The summed E-state index contributed by atoms with van der Waals surface area (Å²) in [6.45, 7) is 6.40. The van der Waals surface area contributed by atoms with E-state index in [-0.39, 0.29) is 6.10 Å². The van der Waals surface area contributed by atoms with Crippen LogP contribution in [0.25, 0.3) is 0 Å². The average Bonchev–Trinajstić information content (AvgIpc) is 2.14. The maximum Gasteiger partial charge on any atom is 0.108 e. The highest BCUT2D eigenvalue weighted by Gasteiger charge is 2.17. The molecule has 1 aliphatic rings. The summed E-state index contributed by atoms with van der Waals surface area (Å²) in [5.74, 6) is 3.15. The van der Waals surface area contributed by atoms with Crippen LogP contribution in [0.4, 0.5) is 0 Å². The lowest BCUT2D eigenvalue weighted by Crippen LogP contribution is -2.19. The zero-order valence-electron chi connectivity index (χ0n) is 8.12. The van der Waals surface area contributed by atoms with Gasteiger partial charge in [-0.25, -0.2) is 0 Å². The smallest absolute Gasteiger partial charge is 0.108 e. The summed E-state index contributed by atoms with van der Waals surface area (Å²) in [5, 5.41) is 0. The van der Waals surface area contributed by atoms with Gasteiger partial charge in [-0.1, -0.05) is 31.6 Å². The largest absolute Gasteiger partial charge is 0.361 e. The Kier molecular flexibility index (Phi) is 3.79. The average molecular weight is 176 g/mol. The molecule has 0 N–H and O–H groups in total. The van der Waals surface area contributed by atoms with Crippen LogP contribution in [0.15, 0.2) is 24.3 Å². The molecule has 2 atom stereocenters. The van der Waals surface area contributed by atoms with Crippen molar-refractivity contribution in [1.29, 1.82) is 0 Å². The molecule has 13 heavy (non-hydrogen) atoms. The van der Waals surface area contributed by atoms with E-state index < -0.39 is 0 Å². The first-order chi connectivity index (χ1) is 6.26. The van der Waals surface area contributed by atoms with Crippen LogP contribution in [0.5, 0.6) is 0 Å². The van der Waals surface area contributed by atoms with Crippen molar-refractivity contribution in [2.24, 2.45) is 5.92 Å². The van der Waals surface area contributed by atoms with E-state index >= 15 is 0 Å². The summed E-state index contributed by atoms with van der Waals surface area (Å²) in [6, 6.07) is 0. The van der Waals surface area contributed by atoms with Crippen molar-refractivity contribution in [1.82, 2.24) is 0 Å².